The lowest BCUT2D eigenvalue weighted by Gasteiger charge is -2.25. The fourth-order valence-corrected chi connectivity index (χ4v) is 5.04. The van der Waals surface area contributed by atoms with Gasteiger partial charge in [0.1, 0.15) is 29.8 Å². The van der Waals surface area contributed by atoms with Crippen molar-refractivity contribution in [2.45, 2.75) is 37.9 Å². The van der Waals surface area contributed by atoms with E-state index in [1.807, 2.05) is 42.5 Å². The van der Waals surface area contributed by atoms with Gasteiger partial charge in [-0.15, -0.1) is 0 Å². The molecule has 1 amide bonds. The van der Waals surface area contributed by atoms with Gasteiger partial charge in [-0.1, -0.05) is 71.1 Å². The predicted molar refractivity (Wildman–Crippen MR) is 129 cm³/mol. The van der Waals surface area contributed by atoms with Crippen LogP contribution >= 0.6 is 15.9 Å². The average Bonchev–Trinajstić information content (AvgIpc) is 3.19. The number of hydrogen-bond acceptors (Lipinski definition) is 3. The molecule has 2 heterocycles. The Kier molecular flexibility index (Phi) is 5.74. The largest absolute Gasteiger partial charge is 0.366 e. The van der Waals surface area contributed by atoms with Gasteiger partial charge >= 0.3 is 0 Å². The fraction of sp³-hybridized carbons (Fsp3) is 0.250. The van der Waals surface area contributed by atoms with Gasteiger partial charge in [-0.05, 0) is 41.8 Å². The average molecular weight is 499 g/mol. The zero-order chi connectivity index (χ0) is 22.3. The molecule has 1 atom stereocenters. The van der Waals surface area contributed by atoms with E-state index in [0.29, 0.717) is 11.3 Å². The van der Waals surface area contributed by atoms with Gasteiger partial charge in [0.05, 0.1) is 12.2 Å². The number of fused-ring (bicyclic) bond motifs is 1. The van der Waals surface area contributed by atoms with Crippen LogP contribution in [-0.2, 0) is 11.3 Å². The van der Waals surface area contributed by atoms with E-state index in [1.54, 1.807) is 17.9 Å². The minimum atomic E-state index is -1.68. The number of rotatable bonds is 4. The van der Waals surface area contributed by atoms with Gasteiger partial charge in [-0.25, -0.2) is 4.39 Å². The van der Waals surface area contributed by atoms with Crippen LogP contribution in [0.3, 0.4) is 0 Å². The second-order valence-electron chi connectivity index (χ2n) is 8.86. The number of carbonyl (C=O) groups is 1. The number of aryl methyl sites for hydroxylation is 1. The van der Waals surface area contributed by atoms with Gasteiger partial charge in [0.2, 0.25) is 5.91 Å². The van der Waals surface area contributed by atoms with Crippen LogP contribution in [0.5, 0.6) is 0 Å². The topological polar surface area (TPSA) is 46.3 Å². The molecule has 160 valence electrons. The SMILES string of the molecule is Cc1ccc(CN2C(=O)C(Br)C(c3cc([Si](C)(C)C)on3)=Cc3ccccc32)cc1F. The van der Waals surface area contributed by atoms with Crippen molar-refractivity contribution in [3.05, 3.63) is 76.7 Å². The zero-order valence-corrected chi connectivity index (χ0v) is 20.5. The lowest BCUT2D eigenvalue weighted by Crippen LogP contribution is -2.37. The maximum absolute atomic E-state index is 14.1. The van der Waals surface area contributed by atoms with Gasteiger partial charge in [0.25, 0.3) is 0 Å². The van der Waals surface area contributed by atoms with Crippen LogP contribution < -0.4 is 10.3 Å². The summed E-state index contributed by atoms with van der Waals surface area (Å²) < 4.78 is 19.8. The molecule has 0 saturated carbocycles. The van der Waals surface area contributed by atoms with E-state index in [0.717, 1.165) is 27.8 Å². The van der Waals surface area contributed by atoms with Crippen LogP contribution in [0.15, 0.2) is 53.1 Å². The van der Waals surface area contributed by atoms with Crippen LogP contribution in [-0.4, -0.2) is 24.0 Å². The first-order chi connectivity index (χ1) is 14.6. The molecule has 0 fully saturated rings. The van der Waals surface area contributed by atoms with Crippen molar-refractivity contribution >= 4 is 52.6 Å². The van der Waals surface area contributed by atoms with Crippen molar-refractivity contribution in [1.29, 1.82) is 0 Å². The molecule has 0 radical (unpaired) electrons. The van der Waals surface area contributed by atoms with Gasteiger partial charge in [-0.3, -0.25) is 4.79 Å². The highest BCUT2D eigenvalue weighted by molar-refractivity contribution is 9.10. The quantitative estimate of drug-likeness (QED) is 0.351. The first-order valence-corrected chi connectivity index (χ1v) is 14.6. The number of halogens is 2. The Morgan fingerprint density at radius 2 is 1.90 bits per heavy atom. The van der Waals surface area contributed by atoms with Crippen LogP contribution in [0, 0.1) is 12.7 Å². The first kappa shape index (κ1) is 21.7. The Bertz CT molecular complexity index is 1180. The standard InChI is InChI=1S/C24H24BrFN2O2Si/c1-15-9-10-16(11-19(15)26)14-28-21-8-6-5-7-17(21)12-18(23(25)24(28)29)20-13-22(30-27-20)31(2,3)4/h5-13,23H,14H2,1-4H3. The predicted octanol–water partition coefficient (Wildman–Crippen LogP) is 5.52. The third-order valence-electron chi connectivity index (χ3n) is 5.42. The maximum atomic E-state index is 14.1. The van der Waals surface area contributed by atoms with Gasteiger partial charge < -0.3 is 9.42 Å². The maximum Gasteiger partial charge on any atom is 0.245 e. The van der Waals surface area contributed by atoms with Crippen molar-refractivity contribution in [3.63, 3.8) is 0 Å². The molecule has 31 heavy (non-hydrogen) atoms. The highest BCUT2D eigenvalue weighted by atomic mass is 79.9. The molecular formula is C24H24BrFN2O2Si. The molecular weight excluding hydrogens is 475 g/mol. The molecule has 1 aliphatic heterocycles. The van der Waals surface area contributed by atoms with Crippen molar-refractivity contribution < 1.29 is 13.7 Å². The zero-order valence-electron chi connectivity index (χ0n) is 17.9. The molecule has 0 bridgehead atoms. The van der Waals surface area contributed by atoms with Gasteiger partial charge in [0.15, 0.2) is 0 Å². The molecule has 4 rings (SSSR count). The van der Waals surface area contributed by atoms with Crippen molar-refractivity contribution in [1.82, 2.24) is 5.16 Å². The minimum Gasteiger partial charge on any atom is -0.366 e. The summed E-state index contributed by atoms with van der Waals surface area (Å²) >= 11 is 3.60. The van der Waals surface area contributed by atoms with Crippen molar-refractivity contribution in [2.75, 3.05) is 4.90 Å². The third-order valence-corrected chi connectivity index (χ3v) is 8.02. The van der Waals surface area contributed by atoms with Gasteiger partial charge in [0, 0.05) is 11.6 Å². The first-order valence-electron chi connectivity index (χ1n) is 10.1. The number of para-hydroxylation sites is 1. The second-order valence-corrected chi connectivity index (χ2v) is 14.8. The highest BCUT2D eigenvalue weighted by Gasteiger charge is 2.33. The number of nitrogens with zero attached hydrogens (tertiary/aromatic N) is 2. The van der Waals surface area contributed by atoms with Crippen molar-refractivity contribution in [2.24, 2.45) is 0 Å². The molecule has 3 aromatic rings. The monoisotopic (exact) mass is 498 g/mol. The number of hydrogen-bond donors (Lipinski definition) is 0. The Labute approximate surface area is 190 Å². The van der Waals surface area contributed by atoms with Crippen LogP contribution in [0.2, 0.25) is 19.6 Å². The smallest absolute Gasteiger partial charge is 0.245 e. The molecule has 0 N–H and O–H groups in total. The summed E-state index contributed by atoms with van der Waals surface area (Å²) in [6.07, 6.45) is 1.98. The van der Waals surface area contributed by atoms with Crippen molar-refractivity contribution in [3.8, 4) is 0 Å². The van der Waals surface area contributed by atoms with E-state index < -0.39 is 12.9 Å². The number of carbonyl (C=O) groups excluding carboxylic acids is 1. The number of amides is 1. The Hall–Kier alpha value is -2.51. The molecule has 1 aromatic heterocycles. The summed E-state index contributed by atoms with van der Waals surface area (Å²) in [6.45, 7) is 8.56. The van der Waals surface area contributed by atoms with E-state index in [4.69, 9.17) is 4.52 Å². The normalized spacial score (nSPS) is 16.7. The summed E-state index contributed by atoms with van der Waals surface area (Å²) in [6, 6.07) is 14.8. The minimum absolute atomic E-state index is 0.130. The molecule has 0 aliphatic carbocycles. The van der Waals surface area contributed by atoms with E-state index in [1.165, 1.54) is 6.07 Å². The van der Waals surface area contributed by atoms with Gasteiger partial charge in [-0.2, -0.15) is 0 Å². The molecule has 7 heteroatoms. The lowest BCUT2D eigenvalue weighted by atomic mass is 10.1. The van der Waals surface area contributed by atoms with E-state index in [9.17, 15) is 9.18 Å². The Morgan fingerprint density at radius 1 is 1.16 bits per heavy atom. The van der Waals surface area contributed by atoms with E-state index >= 15 is 0 Å². The third kappa shape index (κ3) is 4.29. The summed E-state index contributed by atoms with van der Waals surface area (Å²) in [5.74, 6) is -0.404. The van der Waals surface area contributed by atoms with Crippen LogP contribution in [0.1, 0.15) is 22.4 Å². The summed E-state index contributed by atoms with van der Waals surface area (Å²) in [5.41, 5.74) is 4.41. The van der Waals surface area contributed by atoms with Crippen LogP contribution in [0.25, 0.3) is 11.6 Å². The number of benzene rings is 2. The van der Waals surface area contributed by atoms with E-state index in [2.05, 4.69) is 40.7 Å². The molecule has 1 aliphatic rings. The molecule has 1 unspecified atom stereocenters. The fourth-order valence-electron chi connectivity index (χ4n) is 3.53. The number of aromatic nitrogens is 1. The summed E-state index contributed by atoms with van der Waals surface area (Å²) in [7, 11) is -1.68. The number of anilines is 1. The number of alkyl halides is 1. The second kappa shape index (κ2) is 8.20. The molecule has 0 spiro atoms. The molecule has 0 saturated heterocycles. The van der Waals surface area contributed by atoms with E-state index in [-0.39, 0.29) is 18.3 Å². The summed E-state index contributed by atoms with van der Waals surface area (Å²) in [4.78, 5) is 14.6. The lowest BCUT2D eigenvalue weighted by molar-refractivity contribution is -0.117. The molecule has 4 nitrogen and oxygen atoms in total. The van der Waals surface area contributed by atoms with Crippen LogP contribution in [0.4, 0.5) is 10.1 Å². The highest BCUT2D eigenvalue weighted by Crippen LogP contribution is 2.36. The molecule has 2 aromatic carbocycles. The summed E-state index contributed by atoms with van der Waals surface area (Å²) in [5, 5.41) is 5.17. The Balaban J connectivity index is 1.76. The Morgan fingerprint density at radius 3 is 2.58 bits per heavy atom.